The second-order valence-electron chi connectivity index (χ2n) is 8.33. The van der Waals surface area contributed by atoms with Crippen molar-refractivity contribution in [3.05, 3.63) is 28.2 Å². The maximum Gasteiger partial charge on any atom is 0.481 e. The Morgan fingerprint density at radius 3 is 2.49 bits per heavy atom. The predicted octanol–water partition coefficient (Wildman–Crippen LogP) is 0.848. The Balaban J connectivity index is 1.96. The Hall–Kier alpha value is -1.58. The minimum Gasteiger partial charge on any atom is -0.479 e. The number of aryl methyl sites for hydroxylation is 1. The van der Waals surface area contributed by atoms with Gasteiger partial charge in [-0.05, 0) is 27.7 Å². The lowest BCUT2D eigenvalue weighted by atomic mass is 9.81. The lowest BCUT2D eigenvalue weighted by Gasteiger charge is -2.55. The highest BCUT2D eigenvalue weighted by Crippen LogP contribution is 2.60. The lowest BCUT2D eigenvalue weighted by molar-refractivity contribution is -0.199. The number of hydrogen-bond acceptors (Lipinski definition) is 12. The molecular formula is C17H26N4O11P2S. The quantitative estimate of drug-likeness (QED) is 0.209. The Labute approximate surface area is 204 Å². The Kier molecular flexibility index (Phi) is 7.25. The number of nitrogens with one attached hydrogen (secondary N) is 1. The van der Waals surface area contributed by atoms with Gasteiger partial charge in [0.1, 0.15) is 11.6 Å². The first-order valence-corrected chi connectivity index (χ1v) is 13.9. The topological polar surface area (TPSA) is 232 Å². The zero-order valence-electron chi connectivity index (χ0n) is 19.1. The minimum absolute atomic E-state index is 0.0855. The van der Waals surface area contributed by atoms with E-state index in [4.69, 9.17) is 9.79 Å². The number of carboxylic acid groups (broad SMARTS) is 1. The average molecular weight is 556 g/mol. The van der Waals surface area contributed by atoms with Gasteiger partial charge >= 0.3 is 21.6 Å². The fourth-order valence-corrected chi connectivity index (χ4v) is 6.97. The maximum absolute atomic E-state index is 11.9. The van der Waals surface area contributed by atoms with Crippen molar-refractivity contribution in [3.8, 4) is 0 Å². The van der Waals surface area contributed by atoms with E-state index >= 15 is 0 Å². The fourth-order valence-electron chi connectivity index (χ4n) is 3.73. The van der Waals surface area contributed by atoms with Gasteiger partial charge < -0.3 is 40.2 Å². The number of phosphoric ester groups is 1. The highest BCUT2D eigenvalue weighted by atomic mass is 32.2. The van der Waals surface area contributed by atoms with Gasteiger partial charge in [0.05, 0.1) is 13.2 Å². The molecule has 1 aromatic rings. The van der Waals surface area contributed by atoms with Gasteiger partial charge in [-0.25, -0.2) is 23.9 Å². The summed E-state index contributed by atoms with van der Waals surface area (Å²) in [7, 11) is -10.4. The van der Waals surface area contributed by atoms with E-state index in [0.717, 1.165) is 25.6 Å². The third kappa shape index (κ3) is 5.14. The number of rotatable bonds is 9. The monoisotopic (exact) mass is 556 g/mol. The van der Waals surface area contributed by atoms with Gasteiger partial charge in [-0.3, -0.25) is 4.52 Å². The van der Waals surface area contributed by atoms with Crippen LogP contribution >= 0.6 is 27.4 Å². The van der Waals surface area contributed by atoms with Gasteiger partial charge in [0.2, 0.25) is 0 Å². The number of carbonyl (C=O) groups is 1. The number of aliphatic carboxylic acids is 1. The summed E-state index contributed by atoms with van der Waals surface area (Å²) in [6.45, 7) is 5.03. The van der Waals surface area contributed by atoms with Crippen LogP contribution in [-0.2, 0) is 29.3 Å². The number of anilines is 1. The summed E-state index contributed by atoms with van der Waals surface area (Å²) in [5, 5.41) is 35.1. The van der Waals surface area contributed by atoms with Gasteiger partial charge in [0.25, 0.3) is 0 Å². The molecule has 0 fully saturated rings. The first-order valence-electron chi connectivity index (χ1n) is 10.0. The standard InChI is InChI=1S/C17H26N4O11P2S/c1-9-12(5-6-31-34(29,30)32-33(26,27)28)35-17(16(4,25)15(3,24)14(22)23)20-13-11(8-21(9)17)7-18-10(2)19-13/h7,24-25H,5-6,8H2,1-4H3,(H,22,23)(H,29,30)(H,18,19,20)(H2,26,27,28)/t15-,16+,17+/m1/s1. The number of hydrogen-bond donors (Lipinski definition) is 7. The molecule has 0 aliphatic carbocycles. The Morgan fingerprint density at radius 2 is 1.91 bits per heavy atom. The number of phosphoric acid groups is 2. The molecule has 7 N–H and O–H groups in total. The maximum atomic E-state index is 11.9. The molecule has 0 radical (unpaired) electrons. The second kappa shape index (κ2) is 9.06. The number of nitrogens with zero attached hydrogens (tertiary/aromatic N) is 3. The van der Waals surface area contributed by atoms with E-state index in [2.05, 4.69) is 24.1 Å². The van der Waals surface area contributed by atoms with E-state index in [-0.39, 0.29) is 13.0 Å². The molecule has 1 unspecified atom stereocenters. The van der Waals surface area contributed by atoms with Crippen molar-refractivity contribution in [2.75, 3.05) is 11.9 Å². The highest BCUT2D eigenvalue weighted by Gasteiger charge is 2.67. The molecule has 2 aliphatic heterocycles. The number of thioether (sulfide) groups is 1. The van der Waals surface area contributed by atoms with Crippen LogP contribution < -0.4 is 5.32 Å². The van der Waals surface area contributed by atoms with Crippen LogP contribution in [0, 0.1) is 6.92 Å². The molecule has 4 atom stereocenters. The zero-order chi connectivity index (χ0) is 26.6. The summed E-state index contributed by atoms with van der Waals surface area (Å²) in [4.78, 5) is 47.8. The highest BCUT2D eigenvalue weighted by molar-refractivity contribution is 8.04. The molecule has 35 heavy (non-hydrogen) atoms. The number of fused-ring (bicyclic) bond motifs is 2. The van der Waals surface area contributed by atoms with E-state index in [1.807, 2.05) is 0 Å². The molecule has 3 rings (SSSR count). The number of aliphatic hydroxyl groups is 2. The summed E-state index contributed by atoms with van der Waals surface area (Å²) in [6, 6.07) is 0. The van der Waals surface area contributed by atoms with Crippen molar-refractivity contribution in [1.29, 1.82) is 0 Å². The van der Waals surface area contributed by atoms with Gasteiger partial charge in [0, 0.05) is 28.8 Å². The predicted molar refractivity (Wildman–Crippen MR) is 121 cm³/mol. The zero-order valence-corrected chi connectivity index (χ0v) is 21.7. The first-order chi connectivity index (χ1) is 15.8. The SMILES string of the molecule is CC1=C(CCOP(=O)(O)OP(=O)(O)O)S[C@@]2([C@@](C)(O)[C@](C)(O)C(=O)O)Nc3nc(C)ncc3CN12. The van der Waals surface area contributed by atoms with Crippen molar-refractivity contribution in [1.82, 2.24) is 14.9 Å². The number of allylic oxidation sites excluding steroid dienone is 1. The van der Waals surface area contributed by atoms with Crippen molar-refractivity contribution in [3.63, 3.8) is 0 Å². The average Bonchev–Trinajstić information content (AvgIpc) is 2.96. The van der Waals surface area contributed by atoms with Crippen molar-refractivity contribution in [2.45, 2.75) is 56.9 Å². The van der Waals surface area contributed by atoms with Crippen molar-refractivity contribution in [2.24, 2.45) is 0 Å². The van der Waals surface area contributed by atoms with Crippen molar-refractivity contribution < 1.29 is 52.8 Å². The van der Waals surface area contributed by atoms with Crippen LogP contribution in [0.1, 0.15) is 38.6 Å². The molecular weight excluding hydrogens is 530 g/mol. The summed E-state index contributed by atoms with van der Waals surface area (Å²) in [5.74, 6) is -0.938. The third-order valence-electron chi connectivity index (χ3n) is 5.88. The molecule has 15 nitrogen and oxygen atoms in total. The molecule has 18 heteroatoms. The molecule has 1 aromatic heterocycles. The molecule has 2 aliphatic rings. The summed E-state index contributed by atoms with van der Waals surface area (Å²) >= 11 is 0.950. The largest absolute Gasteiger partial charge is 0.481 e. The van der Waals surface area contributed by atoms with Crippen LogP contribution in [-0.4, -0.2) is 73.6 Å². The van der Waals surface area contributed by atoms with Gasteiger partial charge in [-0.15, -0.1) is 0 Å². The van der Waals surface area contributed by atoms with Crippen LogP contribution in [0.4, 0.5) is 5.82 Å². The fraction of sp³-hybridized carbons (Fsp3) is 0.588. The van der Waals surface area contributed by atoms with E-state index in [1.165, 1.54) is 0 Å². The Morgan fingerprint density at radius 1 is 1.29 bits per heavy atom. The summed E-state index contributed by atoms with van der Waals surface area (Å²) < 4.78 is 31.0. The van der Waals surface area contributed by atoms with Gasteiger partial charge in [0.15, 0.2) is 16.2 Å². The van der Waals surface area contributed by atoms with E-state index in [9.17, 15) is 34.1 Å². The van der Waals surface area contributed by atoms with Crippen LogP contribution in [0.3, 0.4) is 0 Å². The summed E-state index contributed by atoms with van der Waals surface area (Å²) in [5.41, 5.74) is -3.85. The minimum atomic E-state index is -5.29. The summed E-state index contributed by atoms with van der Waals surface area (Å²) in [6.07, 6.45) is 1.48. The first kappa shape index (κ1) is 28.0. The van der Waals surface area contributed by atoms with E-state index in [1.54, 1.807) is 24.9 Å². The normalized spacial score (nSPS) is 25.1. The van der Waals surface area contributed by atoms with E-state index in [0.29, 0.717) is 27.8 Å². The molecule has 0 aromatic carbocycles. The Bertz CT molecular complexity index is 1170. The number of aromatic nitrogens is 2. The molecule has 0 spiro atoms. The molecule has 0 amide bonds. The van der Waals surface area contributed by atoms with Crippen LogP contribution in [0.2, 0.25) is 0 Å². The lowest BCUT2D eigenvalue weighted by Crippen LogP contribution is -2.74. The molecule has 0 saturated carbocycles. The van der Waals surface area contributed by atoms with Gasteiger partial charge in [-0.2, -0.15) is 4.31 Å². The molecule has 196 valence electrons. The molecule has 0 saturated heterocycles. The van der Waals surface area contributed by atoms with Gasteiger partial charge in [-0.1, -0.05) is 11.8 Å². The van der Waals surface area contributed by atoms with Crippen LogP contribution in [0.5, 0.6) is 0 Å². The van der Waals surface area contributed by atoms with E-state index < -0.39 is 44.4 Å². The smallest absolute Gasteiger partial charge is 0.479 e. The number of carboxylic acids is 1. The van der Waals surface area contributed by atoms with Crippen molar-refractivity contribution >= 4 is 39.2 Å². The van der Waals surface area contributed by atoms with Crippen LogP contribution in [0.25, 0.3) is 0 Å². The second-order valence-corrected chi connectivity index (χ2v) is 12.4. The van der Waals surface area contributed by atoms with Crippen LogP contribution in [0.15, 0.2) is 16.8 Å². The molecule has 0 bridgehead atoms. The third-order valence-corrected chi connectivity index (χ3v) is 9.82. The molecule has 3 heterocycles.